The van der Waals surface area contributed by atoms with Gasteiger partial charge in [-0.25, -0.2) is 0 Å². The van der Waals surface area contributed by atoms with Crippen molar-refractivity contribution >= 4 is 0 Å². The number of aryl methyl sites for hydroxylation is 2. The van der Waals surface area contributed by atoms with Gasteiger partial charge < -0.3 is 4.74 Å². The smallest absolute Gasteiger partial charge is 0.0861 e. The topological polar surface area (TPSA) is 35.0 Å². The molecule has 2 heterocycles. The molecule has 6 rings (SSSR count). The van der Waals surface area contributed by atoms with E-state index in [0.29, 0.717) is 11.8 Å². The predicted molar refractivity (Wildman–Crippen MR) is 252 cm³/mol. The van der Waals surface area contributed by atoms with Crippen LogP contribution in [0.15, 0.2) is 85.2 Å². The molecule has 2 aliphatic rings. The van der Waals surface area contributed by atoms with Gasteiger partial charge in [0.05, 0.1) is 23.6 Å². The molecule has 2 fully saturated rings. The van der Waals surface area contributed by atoms with Crippen LogP contribution in [-0.2, 0) is 17.6 Å². The van der Waals surface area contributed by atoms with E-state index in [1.54, 1.807) is 0 Å². The average Bonchev–Trinajstić information content (AvgIpc) is 3.29. The Bertz CT molecular complexity index is 1570. The first-order chi connectivity index (χ1) is 29.1. The Hall–Kier alpha value is -3.30. The fourth-order valence-corrected chi connectivity index (χ4v) is 10.3. The monoisotopic (exact) mass is 797 g/mol. The summed E-state index contributed by atoms with van der Waals surface area (Å²) in [6.07, 6.45) is 35.5. The van der Waals surface area contributed by atoms with Gasteiger partial charge in [-0.2, -0.15) is 0 Å². The standard InChI is InChI=1S/C56H80N2O/c1-5-9-13-17-43-21-27-49(28-22-43)55(51-35-31-47(32-36-51)53-39-25-45(41-57-53)19-15-11-7-3)59-56(50-29-23-44(24-30-50)18-14-10-6-2)52-37-33-48(34-38-52)54-40-26-46(42-58-54)20-16-12-8-4/h25-26,31-44,49-50,55-56H,5-24,27-30H2,1-4H3/t43-,44-,49-,50-,55?,56?. The summed E-state index contributed by atoms with van der Waals surface area (Å²) in [6.45, 7) is 9.20. The van der Waals surface area contributed by atoms with Crippen LogP contribution in [0.25, 0.3) is 22.5 Å². The molecule has 0 amide bonds. The Labute approximate surface area is 361 Å². The lowest BCUT2D eigenvalue weighted by molar-refractivity contribution is -0.0907. The van der Waals surface area contributed by atoms with Gasteiger partial charge in [-0.3, -0.25) is 9.97 Å². The van der Waals surface area contributed by atoms with Crippen molar-refractivity contribution in [3.8, 4) is 22.5 Å². The van der Waals surface area contributed by atoms with E-state index >= 15 is 0 Å². The molecule has 0 radical (unpaired) electrons. The lowest BCUT2D eigenvalue weighted by Crippen LogP contribution is -2.28. The summed E-state index contributed by atoms with van der Waals surface area (Å²) < 4.78 is 7.75. The minimum atomic E-state index is 0.0865. The summed E-state index contributed by atoms with van der Waals surface area (Å²) in [7, 11) is 0. The second-order valence-electron chi connectivity index (χ2n) is 18.8. The zero-order chi connectivity index (χ0) is 41.1. The van der Waals surface area contributed by atoms with Crippen LogP contribution in [0.3, 0.4) is 0 Å². The van der Waals surface area contributed by atoms with E-state index in [4.69, 9.17) is 14.7 Å². The maximum Gasteiger partial charge on any atom is 0.0861 e. The summed E-state index contributed by atoms with van der Waals surface area (Å²) in [5, 5.41) is 0. The third-order valence-electron chi connectivity index (χ3n) is 14.2. The third-order valence-corrected chi connectivity index (χ3v) is 14.2. The molecule has 0 saturated heterocycles. The number of nitrogens with zero attached hydrogens (tertiary/aromatic N) is 2. The highest BCUT2D eigenvalue weighted by molar-refractivity contribution is 5.60. The Morgan fingerprint density at radius 2 is 0.814 bits per heavy atom. The highest BCUT2D eigenvalue weighted by Gasteiger charge is 2.36. The molecule has 0 N–H and O–H groups in total. The van der Waals surface area contributed by atoms with Crippen molar-refractivity contribution in [3.05, 3.63) is 107 Å². The first-order valence-electron chi connectivity index (χ1n) is 24.8. The highest BCUT2D eigenvalue weighted by atomic mass is 16.5. The molecule has 2 aliphatic carbocycles. The summed E-state index contributed by atoms with van der Waals surface area (Å²) in [5.74, 6) is 2.83. The molecule has 2 saturated carbocycles. The summed E-state index contributed by atoms with van der Waals surface area (Å²) >= 11 is 0. The largest absolute Gasteiger partial charge is 0.365 e. The number of aromatic nitrogens is 2. The van der Waals surface area contributed by atoms with Gasteiger partial charge in [0.25, 0.3) is 0 Å². The van der Waals surface area contributed by atoms with Gasteiger partial charge in [0.1, 0.15) is 0 Å². The minimum absolute atomic E-state index is 0.0865. The molecule has 320 valence electrons. The Kier molecular flexibility index (Phi) is 19.0. The lowest BCUT2D eigenvalue weighted by atomic mass is 9.74. The van der Waals surface area contributed by atoms with Crippen molar-refractivity contribution in [2.45, 2.75) is 194 Å². The van der Waals surface area contributed by atoms with Crippen LogP contribution in [0.5, 0.6) is 0 Å². The molecule has 3 heteroatoms. The number of pyridine rings is 2. The summed E-state index contributed by atoms with van der Waals surface area (Å²) in [4.78, 5) is 9.84. The molecule has 0 spiro atoms. The number of hydrogen-bond donors (Lipinski definition) is 0. The number of rotatable bonds is 24. The number of benzene rings is 2. The molecule has 2 aromatic carbocycles. The van der Waals surface area contributed by atoms with E-state index in [1.165, 1.54) is 175 Å². The molecule has 2 unspecified atom stereocenters. The number of unbranched alkanes of at least 4 members (excludes halogenated alkanes) is 8. The third kappa shape index (κ3) is 13.9. The van der Waals surface area contributed by atoms with Crippen LogP contribution in [-0.4, -0.2) is 9.97 Å². The average molecular weight is 797 g/mol. The fraction of sp³-hybridized carbons (Fsp3) is 0.607. The molecular weight excluding hydrogens is 717 g/mol. The van der Waals surface area contributed by atoms with Gasteiger partial charge in [0, 0.05) is 23.5 Å². The molecule has 0 bridgehead atoms. The zero-order valence-corrected chi connectivity index (χ0v) is 37.8. The van der Waals surface area contributed by atoms with E-state index in [-0.39, 0.29) is 12.2 Å². The van der Waals surface area contributed by atoms with Crippen molar-refractivity contribution in [1.82, 2.24) is 9.97 Å². The Morgan fingerprint density at radius 3 is 1.15 bits per heavy atom. The zero-order valence-electron chi connectivity index (χ0n) is 37.8. The van der Waals surface area contributed by atoms with Gasteiger partial charge in [-0.15, -0.1) is 0 Å². The van der Waals surface area contributed by atoms with E-state index in [2.05, 4.69) is 113 Å². The van der Waals surface area contributed by atoms with Crippen molar-refractivity contribution in [3.63, 3.8) is 0 Å². The van der Waals surface area contributed by atoms with Crippen molar-refractivity contribution < 1.29 is 4.74 Å². The first kappa shape index (κ1) is 45.2. The van der Waals surface area contributed by atoms with E-state index in [9.17, 15) is 0 Å². The van der Waals surface area contributed by atoms with Crippen LogP contribution in [0.1, 0.15) is 203 Å². The quantitative estimate of drug-likeness (QED) is 0.0663. The molecule has 3 nitrogen and oxygen atoms in total. The SMILES string of the molecule is CCCCCc1ccc(-c2ccc(C(OC(c3ccc(-c4ccc(CCCCC)cn4)cc3)[C@H]3CC[C@H](CCCCC)CC3)[C@H]3CC[C@H](CCCCC)CC3)cc2)nc1. The number of hydrogen-bond acceptors (Lipinski definition) is 3. The van der Waals surface area contributed by atoms with Gasteiger partial charge in [-0.05, 0) is 109 Å². The van der Waals surface area contributed by atoms with Gasteiger partial charge >= 0.3 is 0 Å². The normalized spacial score (nSPS) is 20.7. The van der Waals surface area contributed by atoms with Crippen molar-refractivity contribution in [1.29, 1.82) is 0 Å². The summed E-state index contributed by atoms with van der Waals surface area (Å²) in [5.41, 5.74) is 9.91. The first-order valence-corrected chi connectivity index (χ1v) is 24.8. The lowest BCUT2D eigenvalue weighted by Gasteiger charge is -2.40. The second-order valence-corrected chi connectivity index (χ2v) is 18.8. The van der Waals surface area contributed by atoms with Crippen LogP contribution in [0.4, 0.5) is 0 Å². The maximum atomic E-state index is 7.75. The maximum absolute atomic E-state index is 7.75. The minimum Gasteiger partial charge on any atom is -0.365 e. The Balaban J connectivity index is 1.24. The molecular formula is C56H80N2O. The van der Waals surface area contributed by atoms with Crippen LogP contribution in [0, 0.1) is 23.7 Å². The summed E-state index contributed by atoms with van der Waals surface area (Å²) in [6, 6.07) is 27.8. The predicted octanol–water partition coefficient (Wildman–Crippen LogP) is 16.8. The second kappa shape index (κ2) is 24.8. The Morgan fingerprint density at radius 1 is 0.441 bits per heavy atom. The highest BCUT2D eigenvalue weighted by Crippen LogP contribution is 2.47. The molecule has 2 aromatic heterocycles. The fourth-order valence-electron chi connectivity index (χ4n) is 10.3. The van der Waals surface area contributed by atoms with E-state index < -0.39 is 0 Å². The molecule has 0 aliphatic heterocycles. The van der Waals surface area contributed by atoms with E-state index in [1.807, 2.05) is 0 Å². The van der Waals surface area contributed by atoms with Crippen LogP contribution in [0.2, 0.25) is 0 Å². The molecule has 2 atom stereocenters. The van der Waals surface area contributed by atoms with Crippen LogP contribution >= 0.6 is 0 Å². The van der Waals surface area contributed by atoms with Crippen molar-refractivity contribution in [2.24, 2.45) is 23.7 Å². The van der Waals surface area contributed by atoms with Crippen molar-refractivity contribution in [2.75, 3.05) is 0 Å². The molecule has 4 aromatic rings. The van der Waals surface area contributed by atoms with Gasteiger partial charge in [-0.1, -0.05) is 191 Å². The molecule has 59 heavy (non-hydrogen) atoms. The van der Waals surface area contributed by atoms with Crippen LogP contribution < -0.4 is 0 Å². The van der Waals surface area contributed by atoms with Gasteiger partial charge in [0.2, 0.25) is 0 Å². The van der Waals surface area contributed by atoms with Gasteiger partial charge in [0.15, 0.2) is 0 Å². The van der Waals surface area contributed by atoms with E-state index in [0.717, 1.165) is 36.1 Å². The number of ether oxygens (including phenoxy) is 1.